The molecular formula is C28H33FN6O4. The Labute approximate surface area is 227 Å². The SMILES string of the molecule is COCCOc1ccc(Nc2ncc(F)c(Nc3cccc(N(C=O)CC=CCN4CCOCC4)c3)n2)cc1. The molecule has 11 heteroatoms. The first kappa shape index (κ1) is 28.0. The second-order valence-electron chi connectivity index (χ2n) is 8.70. The van der Waals surface area contributed by atoms with E-state index in [4.69, 9.17) is 14.2 Å². The first-order chi connectivity index (χ1) is 19.1. The minimum Gasteiger partial charge on any atom is -0.491 e. The fourth-order valence-corrected chi connectivity index (χ4v) is 3.83. The Morgan fingerprint density at radius 1 is 1.08 bits per heavy atom. The Morgan fingerprint density at radius 2 is 1.90 bits per heavy atom. The van der Waals surface area contributed by atoms with Gasteiger partial charge in [-0.2, -0.15) is 4.98 Å². The summed E-state index contributed by atoms with van der Waals surface area (Å²) in [5, 5.41) is 6.05. The van der Waals surface area contributed by atoms with Crippen LogP contribution in [0.3, 0.4) is 0 Å². The lowest BCUT2D eigenvalue weighted by Crippen LogP contribution is -2.36. The summed E-state index contributed by atoms with van der Waals surface area (Å²) < 4.78 is 30.5. The van der Waals surface area contributed by atoms with Crippen LogP contribution in [0.4, 0.5) is 33.2 Å². The maximum atomic E-state index is 14.5. The Hall–Kier alpha value is -4.06. The summed E-state index contributed by atoms with van der Waals surface area (Å²) in [7, 11) is 1.62. The van der Waals surface area contributed by atoms with Crippen LogP contribution in [0.5, 0.6) is 5.75 Å². The van der Waals surface area contributed by atoms with Crippen LogP contribution in [0.2, 0.25) is 0 Å². The van der Waals surface area contributed by atoms with E-state index in [0.29, 0.717) is 36.9 Å². The molecule has 10 nitrogen and oxygen atoms in total. The number of anilines is 5. The van der Waals surface area contributed by atoms with E-state index in [1.807, 2.05) is 36.4 Å². The smallest absolute Gasteiger partial charge is 0.229 e. The number of carbonyl (C=O) groups excluding carboxylic acids is 1. The monoisotopic (exact) mass is 536 g/mol. The minimum atomic E-state index is -0.605. The number of methoxy groups -OCH3 is 1. The largest absolute Gasteiger partial charge is 0.491 e. The highest BCUT2D eigenvalue weighted by Crippen LogP contribution is 2.24. The number of amides is 1. The van der Waals surface area contributed by atoms with E-state index in [0.717, 1.165) is 51.1 Å². The molecule has 4 rings (SSSR count). The molecule has 2 aromatic carbocycles. The number of nitrogens with one attached hydrogen (secondary N) is 2. The Morgan fingerprint density at radius 3 is 2.67 bits per heavy atom. The van der Waals surface area contributed by atoms with E-state index in [2.05, 4.69) is 31.6 Å². The number of rotatable bonds is 14. The fraction of sp³-hybridized carbons (Fsp3) is 0.321. The zero-order valence-corrected chi connectivity index (χ0v) is 21.9. The fourth-order valence-electron chi connectivity index (χ4n) is 3.83. The number of hydrogen-bond donors (Lipinski definition) is 2. The number of hydrogen-bond acceptors (Lipinski definition) is 9. The van der Waals surface area contributed by atoms with Gasteiger partial charge in [-0.1, -0.05) is 18.2 Å². The molecule has 206 valence electrons. The third-order valence-corrected chi connectivity index (χ3v) is 5.91. The predicted octanol–water partition coefficient (Wildman–Crippen LogP) is 3.98. The number of benzene rings is 2. The molecule has 1 aromatic heterocycles. The van der Waals surface area contributed by atoms with Crippen LogP contribution in [0, 0.1) is 5.82 Å². The van der Waals surface area contributed by atoms with Crippen molar-refractivity contribution in [2.45, 2.75) is 0 Å². The maximum Gasteiger partial charge on any atom is 0.229 e. The van der Waals surface area contributed by atoms with Crippen molar-refractivity contribution in [1.29, 1.82) is 0 Å². The standard InChI is InChI=1S/C28H33FN6O4/c1-37-17-18-39-25-9-7-22(8-10-25)32-28-30-20-26(29)27(33-28)31-23-5-4-6-24(19-23)35(21-36)12-3-2-11-34-13-15-38-16-14-34/h2-10,19-21H,11-18H2,1H3,(H2,30,31,32,33). The van der Waals surface area contributed by atoms with Crippen LogP contribution in [-0.2, 0) is 14.3 Å². The predicted molar refractivity (Wildman–Crippen MR) is 149 cm³/mol. The highest BCUT2D eigenvalue weighted by molar-refractivity contribution is 5.78. The van der Waals surface area contributed by atoms with E-state index < -0.39 is 5.82 Å². The van der Waals surface area contributed by atoms with E-state index in [-0.39, 0.29) is 11.8 Å². The molecule has 0 unspecified atom stereocenters. The number of morpholine rings is 1. The molecule has 0 bridgehead atoms. The summed E-state index contributed by atoms with van der Waals surface area (Å²) in [4.78, 5) is 24.0. The Balaban J connectivity index is 1.36. The molecule has 0 atom stereocenters. The number of ether oxygens (including phenoxy) is 3. The third kappa shape index (κ3) is 8.74. The number of carbonyl (C=O) groups is 1. The zero-order valence-electron chi connectivity index (χ0n) is 21.9. The molecule has 0 aliphatic carbocycles. The summed E-state index contributed by atoms with van der Waals surface area (Å²) in [5.41, 5.74) is 1.97. The number of nitrogens with zero attached hydrogens (tertiary/aromatic N) is 4. The Kier molecular flexibility index (Phi) is 10.6. The number of aromatic nitrogens is 2. The van der Waals surface area contributed by atoms with E-state index >= 15 is 0 Å². The summed E-state index contributed by atoms with van der Waals surface area (Å²) in [6.45, 7) is 5.49. The third-order valence-electron chi connectivity index (χ3n) is 5.91. The van der Waals surface area contributed by atoms with E-state index in [1.165, 1.54) is 0 Å². The highest BCUT2D eigenvalue weighted by atomic mass is 19.1. The topological polar surface area (TPSA) is 101 Å². The molecule has 1 saturated heterocycles. The molecule has 3 aromatic rings. The molecule has 2 heterocycles. The van der Waals surface area contributed by atoms with Gasteiger partial charge in [0.2, 0.25) is 12.4 Å². The van der Waals surface area contributed by atoms with E-state index in [9.17, 15) is 9.18 Å². The van der Waals surface area contributed by atoms with Gasteiger partial charge in [0.15, 0.2) is 11.6 Å². The summed E-state index contributed by atoms with van der Waals surface area (Å²) in [6.07, 6.45) is 5.89. The second-order valence-corrected chi connectivity index (χ2v) is 8.70. The lowest BCUT2D eigenvalue weighted by molar-refractivity contribution is -0.107. The summed E-state index contributed by atoms with van der Waals surface area (Å²) in [5.74, 6) is 0.332. The zero-order chi connectivity index (χ0) is 27.3. The first-order valence-electron chi connectivity index (χ1n) is 12.7. The van der Waals surface area contributed by atoms with Gasteiger partial charge in [0.25, 0.3) is 0 Å². The molecule has 0 radical (unpaired) electrons. The minimum absolute atomic E-state index is 0.00669. The second kappa shape index (κ2) is 14.8. The van der Waals surface area contributed by atoms with Crippen molar-refractivity contribution in [3.63, 3.8) is 0 Å². The van der Waals surface area contributed by atoms with Crippen molar-refractivity contribution < 1.29 is 23.4 Å². The van der Waals surface area contributed by atoms with Crippen LogP contribution in [0.15, 0.2) is 66.9 Å². The summed E-state index contributed by atoms with van der Waals surface area (Å²) >= 11 is 0. The van der Waals surface area contributed by atoms with Gasteiger partial charge < -0.3 is 29.7 Å². The van der Waals surface area contributed by atoms with Crippen LogP contribution in [-0.4, -0.2) is 81.0 Å². The lowest BCUT2D eigenvalue weighted by atomic mass is 10.2. The van der Waals surface area contributed by atoms with E-state index in [1.54, 1.807) is 30.2 Å². The molecular weight excluding hydrogens is 503 g/mol. The van der Waals surface area contributed by atoms with Crippen LogP contribution < -0.4 is 20.3 Å². The lowest BCUT2D eigenvalue weighted by Gasteiger charge is -2.25. The van der Waals surface area contributed by atoms with Gasteiger partial charge in [0.1, 0.15) is 12.4 Å². The van der Waals surface area contributed by atoms with Crippen molar-refractivity contribution in [1.82, 2.24) is 14.9 Å². The van der Waals surface area contributed by atoms with Gasteiger partial charge in [-0.15, -0.1) is 0 Å². The Bertz CT molecular complexity index is 1220. The average molecular weight is 537 g/mol. The van der Waals surface area contributed by atoms with Gasteiger partial charge in [-0.05, 0) is 42.5 Å². The van der Waals surface area contributed by atoms with Crippen LogP contribution in [0.25, 0.3) is 0 Å². The molecule has 1 aliphatic rings. The highest BCUT2D eigenvalue weighted by Gasteiger charge is 2.11. The quantitative estimate of drug-likeness (QED) is 0.180. The molecule has 39 heavy (non-hydrogen) atoms. The van der Waals surface area contributed by atoms with Crippen molar-refractivity contribution in [2.24, 2.45) is 0 Å². The van der Waals surface area contributed by atoms with Gasteiger partial charge in [0, 0.05) is 50.4 Å². The van der Waals surface area contributed by atoms with Gasteiger partial charge in [-0.3, -0.25) is 9.69 Å². The maximum absolute atomic E-state index is 14.5. The van der Waals surface area contributed by atoms with Gasteiger partial charge >= 0.3 is 0 Å². The van der Waals surface area contributed by atoms with Crippen LogP contribution >= 0.6 is 0 Å². The van der Waals surface area contributed by atoms with Crippen molar-refractivity contribution in [3.05, 3.63) is 72.7 Å². The summed E-state index contributed by atoms with van der Waals surface area (Å²) in [6, 6.07) is 14.4. The van der Waals surface area contributed by atoms with Gasteiger partial charge in [0.05, 0.1) is 26.0 Å². The molecule has 1 aliphatic heterocycles. The normalized spacial score (nSPS) is 13.8. The molecule has 2 N–H and O–H groups in total. The molecule has 1 amide bonds. The van der Waals surface area contributed by atoms with Crippen molar-refractivity contribution in [3.8, 4) is 5.75 Å². The molecule has 1 fully saturated rings. The first-order valence-corrected chi connectivity index (χ1v) is 12.7. The number of halogens is 1. The average Bonchev–Trinajstić information content (AvgIpc) is 2.97. The van der Waals surface area contributed by atoms with Gasteiger partial charge in [-0.25, -0.2) is 9.37 Å². The molecule has 0 spiro atoms. The van der Waals surface area contributed by atoms with Crippen molar-refractivity contribution >= 4 is 35.2 Å². The van der Waals surface area contributed by atoms with Crippen LogP contribution in [0.1, 0.15) is 0 Å². The molecule has 0 saturated carbocycles. The van der Waals surface area contributed by atoms with Crippen molar-refractivity contribution in [2.75, 3.05) is 75.2 Å².